The molecule has 0 aromatic carbocycles. The van der Waals surface area contributed by atoms with Gasteiger partial charge in [0, 0.05) is 12.5 Å². The van der Waals surface area contributed by atoms with E-state index in [-0.39, 0.29) is 12.0 Å². The predicted octanol–water partition coefficient (Wildman–Crippen LogP) is 2.40. The molecule has 0 aliphatic heterocycles. The molecule has 18 heavy (non-hydrogen) atoms. The van der Waals surface area contributed by atoms with Crippen molar-refractivity contribution in [3.05, 3.63) is 11.7 Å². The first-order valence-corrected chi connectivity index (χ1v) is 6.91. The molecule has 0 bridgehead atoms. The summed E-state index contributed by atoms with van der Waals surface area (Å²) in [5.74, 6) is 2.28. The lowest BCUT2D eigenvalue weighted by Crippen LogP contribution is -2.09. The molecular weight excluding hydrogens is 230 g/mol. The Kier molecular flexibility index (Phi) is 4.72. The summed E-state index contributed by atoms with van der Waals surface area (Å²) in [5, 5.41) is 4.08. The average molecular weight is 253 g/mol. The Morgan fingerprint density at radius 1 is 1.50 bits per heavy atom. The molecule has 1 aromatic rings. The van der Waals surface area contributed by atoms with Crippen molar-refractivity contribution < 1.29 is 9.26 Å². The van der Waals surface area contributed by atoms with Crippen LogP contribution in [0.15, 0.2) is 4.52 Å². The maximum Gasteiger partial charge on any atom is 0.229 e. The summed E-state index contributed by atoms with van der Waals surface area (Å²) < 4.78 is 11.1. The van der Waals surface area contributed by atoms with Crippen LogP contribution in [0.3, 0.4) is 0 Å². The zero-order chi connectivity index (χ0) is 13.0. The predicted molar refractivity (Wildman–Crippen MR) is 68.1 cm³/mol. The monoisotopic (exact) mass is 253 g/mol. The molecule has 1 aromatic heterocycles. The molecule has 1 saturated carbocycles. The van der Waals surface area contributed by atoms with Crippen LogP contribution in [0.5, 0.6) is 0 Å². The van der Waals surface area contributed by atoms with Gasteiger partial charge in [0.15, 0.2) is 0 Å². The van der Waals surface area contributed by atoms with E-state index in [0.29, 0.717) is 30.8 Å². The largest absolute Gasteiger partial charge is 0.370 e. The molecular formula is C13H23N3O2. The van der Waals surface area contributed by atoms with Crippen molar-refractivity contribution in [2.24, 2.45) is 11.7 Å². The summed E-state index contributed by atoms with van der Waals surface area (Å²) in [6.45, 7) is 5.49. The van der Waals surface area contributed by atoms with Gasteiger partial charge >= 0.3 is 0 Å². The minimum absolute atomic E-state index is 0.0224. The molecule has 0 radical (unpaired) electrons. The van der Waals surface area contributed by atoms with E-state index in [1.807, 2.05) is 6.92 Å². The normalized spacial score (nSPS) is 18.8. The van der Waals surface area contributed by atoms with Crippen molar-refractivity contribution in [3.8, 4) is 0 Å². The van der Waals surface area contributed by atoms with Crippen LogP contribution in [0.1, 0.15) is 63.3 Å². The van der Waals surface area contributed by atoms with Gasteiger partial charge < -0.3 is 15.0 Å². The number of hydrogen-bond acceptors (Lipinski definition) is 5. The highest BCUT2D eigenvalue weighted by Gasteiger charge is 2.36. The van der Waals surface area contributed by atoms with E-state index in [4.69, 9.17) is 15.0 Å². The maximum atomic E-state index is 5.72. The fourth-order valence-electron chi connectivity index (χ4n) is 2.11. The Morgan fingerprint density at radius 3 is 2.89 bits per heavy atom. The average Bonchev–Trinajstić information content (AvgIpc) is 3.09. The summed E-state index contributed by atoms with van der Waals surface area (Å²) in [5.41, 5.74) is 5.51. The van der Waals surface area contributed by atoms with E-state index >= 15 is 0 Å². The second-order valence-corrected chi connectivity index (χ2v) is 5.04. The summed E-state index contributed by atoms with van der Waals surface area (Å²) in [6, 6.07) is 0. The van der Waals surface area contributed by atoms with Crippen LogP contribution in [-0.4, -0.2) is 23.3 Å². The third-order valence-corrected chi connectivity index (χ3v) is 3.37. The molecule has 0 saturated heterocycles. The molecule has 1 heterocycles. The van der Waals surface area contributed by atoms with Gasteiger partial charge in [0.1, 0.15) is 6.10 Å². The molecule has 0 spiro atoms. The number of rotatable bonds is 8. The standard InChI is InChI=1S/C13H23N3O2/c1-3-17-11(10-6-7-10)12-15-13(18-16-12)9(2)5-4-8-14/h9-11H,3-8,14H2,1-2H3. The Balaban J connectivity index is 1.99. The number of ether oxygens (including phenoxy) is 1. The molecule has 5 heteroatoms. The van der Waals surface area contributed by atoms with Crippen LogP contribution < -0.4 is 5.73 Å². The first-order valence-electron chi connectivity index (χ1n) is 6.91. The maximum absolute atomic E-state index is 5.72. The van der Waals surface area contributed by atoms with Gasteiger partial charge in [0.05, 0.1) is 0 Å². The van der Waals surface area contributed by atoms with Crippen molar-refractivity contribution in [3.63, 3.8) is 0 Å². The SMILES string of the molecule is CCOC(c1noc(C(C)CCCN)n1)C1CC1. The molecule has 5 nitrogen and oxygen atoms in total. The van der Waals surface area contributed by atoms with E-state index in [1.165, 1.54) is 12.8 Å². The molecule has 2 rings (SSSR count). The highest BCUT2D eigenvalue weighted by atomic mass is 16.5. The van der Waals surface area contributed by atoms with Gasteiger partial charge in [0.25, 0.3) is 0 Å². The topological polar surface area (TPSA) is 74.2 Å². The molecule has 2 atom stereocenters. The van der Waals surface area contributed by atoms with Gasteiger partial charge in [0.2, 0.25) is 11.7 Å². The second kappa shape index (κ2) is 6.29. The zero-order valence-electron chi connectivity index (χ0n) is 11.3. The molecule has 1 fully saturated rings. The quantitative estimate of drug-likeness (QED) is 0.770. The lowest BCUT2D eigenvalue weighted by atomic mass is 10.1. The third-order valence-electron chi connectivity index (χ3n) is 3.37. The van der Waals surface area contributed by atoms with Crippen molar-refractivity contribution >= 4 is 0 Å². The molecule has 1 aliphatic rings. The van der Waals surface area contributed by atoms with Crippen molar-refractivity contribution in [1.82, 2.24) is 10.1 Å². The van der Waals surface area contributed by atoms with Crippen LogP contribution in [0.4, 0.5) is 0 Å². The smallest absolute Gasteiger partial charge is 0.229 e. The van der Waals surface area contributed by atoms with E-state index < -0.39 is 0 Å². The fraction of sp³-hybridized carbons (Fsp3) is 0.846. The molecule has 0 amide bonds. The Bertz CT molecular complexity index is 363. The Labute approximate surface area is 108 Å². The summed E-state index contributed by atoms with van der Waals surface area (Å²) in [7, 11) is 0. The Morgan fingerprint density at radius 2 is 2.28 bits per heavy atom. The van der Waals surface area contributed by atoms with Crippen molar-refractivity contribution in [2.75, 3.05) is 13.2 Å². The van der Waals surface area contributed by atoms with Crippen LogP contribution in [0.2, 0.25) is 0 Å². The first-order chi connectivity index (χ1) is 8.76. The third kappa shape index (κ3) is 3.29. The summed E-state index contributed by atoms with van der Waals surface area (Å²) >= 11 is 0. The lowest BCUT2D eigenvalue weighted by Gasteiger charge is -2.11. The van der Waals surface area contributed by atoms with Crippen LogP contribution in [-0.2, 0) is 4.74 Å². The van der Waals surface area contributed by atoms with Crippen molar-refractivity contribution in [1.29, 1.82) is 0 Å². The first kappa shape index (κ1) is 13.5. The summed E-state index contributed by atoms with van der Waals surface area (Å²) in [6.07, 6.45) is 4.40. The minimum Gasteiger partial charge on any atom is -0.370 e. The van der Waals surface area contributed by atoms with E-state index in [9.17, 15) is 0 Å². The number of nitrogens with two attached hydrogens (primary N) is 1. The van der Waals surface area contributed by atoms with Gasteiger partial charge in [-0.25, -0.2) is 0 Å². The van der Waals surface area contributed by atoms with Crippen molar-refractivity contribution in [2.45, 2.75) is 51.6 Å². The zero-order valence-corrected chi connectivity index (χ0v) is 11.3. The van der Waals surface area contributed by atoms with E-state index in [0.717, 1.165) is 12.8 Å². The van der Waals surface area contributed by atoms with Gasteiger partial charge in [-0.1, -0.05) is 12.1 Å². The molecule has 102 valence electrons. The number of aromatic nitrogens is 2. The summed E-state index contributed by atoms with van der Waals surface area (Å²) in [4.78, 5) is 4.50. The van der Waals surface area contributed by atoms with Crippen LogP contribution in [0, 0.1) is 5.92 Å². The molecule has 2 unspecified atom stereocenters. The Hall–Kier alpha value is -0.940. The van der Waals surface area contributed by atoms with Crippen LogP contribution in [0.25, 0.3) is 0 Å². The van der Waals surface area contributed by atoms with Gasteiger partial charge in [-0.05, 0) is 45.1 Å². The minimum atomic E-state index is 0.0224. The van der Waals surface area contributed by atoms with Crippen LogP contribution >= 0.6 is 0 Å². The second-order valence-electron chi connectivity index (χ2n) is 5.04. The van der Waals surface area contributed by atoms with E-state index in [1.54, 1.807) is 0 Å². The van der Waals surface area contributed by atoms with Gasteiger partial charge in [-0.15, -0.1) is 0 Å². The fourth-order valence-corrected chi connectivity index (χ4v) is 2.11. The number of hydrogen-bond donors (Lipinski definition) is 1. The van der Waals surface area contributed by atoms with Gasteiger partial charge in [-0.2, -0.15) is 4.98 Å². The molecule has 2 N–H and O–H groups in total. The lowest BCUT2D eigenvalue weighted by molar-refractivity contribution is 0.0384. The number of nitrogens with zero attached hydrogens (tertiary/aromatic N) is 2. The van der Waals surface area contributed by atoms with E-state index in [2.05, 4.69) is 17.1 Å². The van der Waals surface area contributed by atoms with Gasteiger partial charge in [-0.3, -0.25) is 0 Å². The highest BCUT2D eigenvalue weighted by Crippen LogP contribution is 2.42. The molecule has 1 aliphatic carbocycles. The highest BCUT2D eigenvalue weighted by molar-refractivity contribution is 5.00.